The molecule has 0 aromatic rings. The van der Waals surface area contributed by atoms with Crippen LogP contribution in [0.15, 0.2) is 16.8 Å². The summed E-state index contributed by atoms with van der Waals surface area (Å²) in [6.07, 6.45) is 3.83. The molecule has 1 heterocycles. The maximum Gasteiger partial charge on any atom is 0.109 e. The number of hydrogen-bond donors (Lipinski definition) is 1. The summed E-state index contributed by atoms with van der Waals surface area (Å²) in [4.78, 5) is 6.07. The molecule has 0 atom stereocenters. The SMILES string of the molecule is CN1C=C(CN)C=NC1. The zero-order chi connectivity index (χ0) is 6.69. The van der Waals surface area contributed by atoms with Crippen molar-refractivity contribution < 1.29 is 0 Å². The fourth-order valence-corrected chi connectivity index (χ4v) is 0.750. The minimum Gasteiger partial charge on any atom is -0.361 e. The van der Waals surface area contributed by atoms with Crippen LogP contribution in [0.3, 0.4) is 0 Å². The number of aliphatic imine (C=N–C) groups is 1. The van der Waals surface area contributed by atoms with Gasteiger partial charge >= 0.3 is 0 Å². The molecule has 0 aliphatic carbocycles. The van der Waals surface area contributed by atoms with Gasteiger partial charge in [0.15, 0.2) is 0 Å². The van der Waals surface area contributed by atoms with Crippen molar-refractivity contribution in [2.24, 2.45) is 10.7 Å². The molecule has 0 bridgehead atoms. The largest absolute Gasteiger partial charge is 0.361 e. The third-order valence-electron chi connectivity index (χ3n) is 1.18. The molecule has 9 heavy (non-hydrogen) atoms. The van der Waals surface area contributed by atoms with E-state index in [4.69, 9.17) is 5.73 Å². The molecule has 1 rings (SSSR count). The van der Waals surface area contributed by atoms with E-state index >= 15 is 0 Å². The minimum atomic E-state index is 0.577. The van der Waals surface area contributed by atoms with Crippen molar-refractivity contribution in [2.45, 2.75) is 0 Å². The normalized spacial score (nSPS) is 18.0. The van der Waals surface area contributed by atoms with Crippen LogP contribution in [-0.4, -0.2) is 31.4 Å². The maximum absolute atomic E-state index is 5.38. The number of rotatable bonds is 1. The molecule has 0 aromatic heterocycles. The predicted molar refractivity (Wildman–Crippen MR) is 38.3 cm³/mol. The van der Waals surface area contributed by atoms with Crippen molar-refractivity contribution in [1.29, 1.82) is 0 Å². The molecule has 50 valence electrons. The van der Waals surface area contributed by atoms with E-state index in [0.29, 0.717) is 6.54 Å². The van der Waals surface area contributed by atoms with Crippen LogP contribution in [-0.2, 0) is 0 Å². The van der Waals surface area contributed by atoms with E-state index < -0.39 is 0 Å². The summed E-state index contributed by atoms with van der Waals surface area (Å²) in [6.45, 7) is 1.33. The van der Waals surface area contributed by atoms with Crippen LogP contribution in [0, 0.1) is 0 Å². The van der Waals surface area contributed by atoms with E-state index in [1.807, 2.05) is 24.4 Å². The second kappa shape index (κ2) is 2.64. The summed E-state index contributed by atoms with van der Waals surface area (Å²) in [5.41, 5.74) is 6.47. The molecule has 0 aromatic carbocycles. The first kappa shape index (κ1) is 6.29. The molecule has 0 spiro atoms. The molecular weight excluding hydrogens is 114 g/mol. The van der Waals surface area contributed by atoms with E-state index in [9.17, 15) is 0 Å². The van der Waals surface area contributed by atoms with Crippen LogP contribution in [0.5, 0.6) is 0 Å². The van der Waals surface area contributed by atoms with Gasteiger partial charge < -0.3 is 10.6 Å². The van der Waals surface area contributed by atoms with Gasteiger partial charge in [-0.25, -0.2) is 0 Å². The fraction of sp³-hybridized carbons (Fsp3) is 0.500. The Balaban J connectivity index is 2.59. The van der Waals surface area contributed by atoms with Crippen molar-refractivity contribution in [3.8, 4) is 0 Å². The summed E-state index contributed by atoms with van der Waals surface area (Å²) in [6, 6.07) is 0. The van der Waals surface area contributed by atoms with Crippen molar-refractivity contribution in [2.75, 3.05) is 20.3 Å². The topological polar surface area (TPSA) is 41.6 Å². The van der Waals surface area contributed by atoms with E-state index in [2.05, 4.69) is 4.99 Å². The summed E-state index contributed by atoms with van der Waals surface area (Å²) in [5, 5.41) is 0. The molecule has 0 saturated heterocycles. The molecule has 3 nitrogen and oxygen atoms in total. The lowest BCUT2D eigenvalue weighted by Gasteiger charge is -2.15. The Kier molecular flexibility index (Phi) is 1.85. The van der Waals surface area contributed by atoms with Gasteiger partial charge in [-0.1, -0.05) is 0 Å². The summed E-state index contributed by atoms with van der Waals surface area (Å²) in [7, 11) is 1.98. The van der Waals surface area contributed by atoms with Gasteiger partial charge in [0, 0.05) is 26.0 Å². The average Bonchev–Trinajstić information content (AvgIpc) is 1.88. The smallest absolute Gasteiger partial charge is 0.109 e. The highest BCUT2D eigenvalue weighted by molar-refractivity contribution is 5.79. The molecule has 1 aliphatic heterocycles. The van der Waals surface area contributed by atoms with Gasteiger partial charge in [0.05, 0.1) is 0 Å². The van der Waals surface area contributed by atoms with Crippen LogP contribution in [0.1, 0.15) is 0 Å². The first-order valence-electron chi connectivity index (χ1n) is 2.94. The Bertz CT molecular complexity index is 148. The van der Waals surface area contributed by atoms with Crippen molar-refractivity contribution in [1.82, 2.24) is 4.90 Å². The third-order valence-corrected chi connectivity index (χ3v) is 1.18. The van der Waals surface area contributed by atoms with Gasteiger partial charge in [-0.05, 0) is 5.57 Å². The lowest BCUT2D eigenvalue weighted by atomic mass is 10.3. The minimum absolute atomic E-state index is 0.577. The number of nitrogens with two attached hydrogens (primary N) is 1. The van der Waals surface area contributed by atoms with Crippen molar-refractivity contribution in [3.63, 3.8) is 0 Å². The van der Waals surface area contributed by atoms with Crippen LogP contribution < -0.4 is 5.73 Å². The van der Waals surface area contributed by atoms with Crippen LogP contribution in [0.25, 0.3) is 0 Å². The standard InChI is InChI=1S/C6H11N3/c1-9-4-6(2-7)3-8-5-9/h3-4H,2,5,7H2,1H3. The Labute approximate surface area is 54.9 Å². The van der Waals surface area contributed by atoms with Gasteiger partial charge in [0.2, 0.25) is 0 Å². The Hall–Kier alpha value is -0.830. The molecular formula is C6H11N3. The molecule has 0 saturated carbocycles. The number of nitrogens with zero attached hydrogens (tertiary/aromatic N) is 2. The fourth-order valence-electron chi connectivity index (χ4n) is 0.750. The second-order valence-corrected chi connectivity index (χ2v) is 2.12. The van der Waals surface area contributed by atoms with Gasteiger partial charge in [-0.2, -0.15) is 0 Å². The first-order chi connectivity index (χ1) is 4.33. The predicted octanol–water partition coefficient (Wildman–Crippen LogP) is -0.197. The summed E-state index contributed by atoms with van der Waals surface area (Å²) < 4.78 is 0. The highest BCUT2D eigenvalue weighted by Gasteiger charge is 1.97. The lowest BCUT2D eigenvalue weighted by Crippen LogP contribution is -2.19. The highest BCUT2D eigenvalue weighted by atomic mass is 15.2. The average molecular weight is 125 g/mol. The zero-order valence-corrected chi connectivity index (χ0v) is 5.54. The lowest BCUT2D eigenvalue weighted by molar-refractivity contribution is 0.465. The van der Waals surface area contributed by atoms with Gasteiger partial charge in [-0.15, -0.1) is 0 Å². The first-order valence-corrected chi connectivity index (χ1v) is 2.94. The Morgan fingerprint density at radius 2 is 2.67 bits per heavy atom. The zero-order valence-electron chi connectivity index (χ0n) is 5.54. The Morgan fingerprint density at radius 1 is 1.89 bits per heavy atom. The van der Waals surface area contributed by atoms with E-state index in [0.717, 1.165) is 12.2 Å². The van der Waals surface area contributed by atoms with E-state index in [-0.39, 0.29) is 0 Å². The molecule has 0 fully saturated rings. The van der Waals surface area contributed by atoms with Crippen LogP contribution >= 0.6 is 0 Å². The molecule has 0 unspecified atom stereocenters. The molecule has 3 heteroatoms. The van der Waals surface area contributed by atoms with Crippen molar-refractivity contribution in [3.05, 3.63) is 11.8 Å². The monoisotopic (exact) mass is 125 g/mol. The van der Waals surface area contributed by atoms with E-state index in [1.165, 1.54) is 0 Å². The highest BCUT2D eigenvalue weighted by Crippen LogP contribution is 1.97. The molecule has 0 amide bonds. The van der Waals surface area contributed by atoms with Crippen molar-refractivity contribution >= 4 is 6.21 Å². The maximum atomic E-state index is 5.38. The quantitative estimate of drug-likeness (QED) is 0.527. The summed E-state index contributed by atoms with van der Waals surface area (Å²) in [5.74, 6) is 0. The second-order valence-electron chi connectivity index (χ2n) is 2.12. The molecule has 2 N–H and O–H groups in total. The van der Waals surface area contributed by atoms with E-state index in [1.54, 1.807) is 0 Å². The Morgan fingerprint density at radius 3 is 3.11 bits per heavy atom. The molecule has 1 aliphatic rings. The number of hydrogen-bond acceptors (Lipinski definition) is 3. The summed E-state index contributed by atoms with van der Waals surface area (Å²) >= 11 is 0. The third kappa shape index (κ3) is 1.54. The van der Waals surface area contributed by atoms with Gasteiger partial charge in [0.25, 0.3) is 0 Å². The van der Waals surface area contributed by atoms with Crippen LogP contribution in [0.4, 0.5) is 0 Å². The molecule has 0 radical (unpaired) electrons. The van der Waals surface area contributed by atoms with Gasteiger partial charge in [0.1, 0.15) is 6.67 Å². The van der Waals surface area contributed by atoms with Gasteiger partial charge in [-0.3, -0.25) is 4.99 Å². The van der Waals surface area contributed by atoms with Crippen LogP contribution in [0.2, 0.25) is 0 Å².